The van der Waals surface area contributed by atoms with Crippen molar-refractivity contribution in [2.75, 3.05) is 20.8 Å². The van der Waals surface area contributed by atoms with Crippen LogP contribution in [0.15, 0.2) is 4.99 Å². The number of nitrogens with zero attached hydrogens (tertiary/aromatic N) is 2. The minimum Gasteiger partial charge on any atom is -0.341 e. The molecule has 0 bridgehead atoms. The lowest BCUT2D eigenvalue weighted by Crippen LogP contribution is -2.46. The second-order valence-electron chi connectivity index (χ2n) is 1.93. The molecule has 72 valence electrons. The molecule has 0 aliphatic rings. The molecule has 0 heterocycles. The van der Waals surface area contributed by atoms with Gasteiger partial charge in [0.25, 0.3) is 0 Å². The van der Waals surface area contributed by atoms with Gasteiger partial charge in [-0.1, -0.05) is 0 Å². The van der Waals surface area contributed by atoms with Crippen LogP contribution in [0.3, 0.4) is 0 Å². The average molecular weight is 186 g/mol. The van der Waals surface area contributed by atoms with Crippen LogP contribution in [0.4, 0.5) is 9.59 Å². The Kier molecular flexibility index (Phi) is 4.90. The van der Waals surface area contributed by atoms with Crippen molar-refractivity contribution in [2.45, 2.75) is 0 Å². The van der Waals surface area contributed by atoms with E-state index in [0.717, 1.165) is 4.90 Å². The molecule has 13 heavy (non-hydrogen) atoms. The van der Waals surface area contributed by atoms with E-state index in [2.05, 4.69) is 15.6 Å². The highest BCUT2D eigenvalue weighted by Crippen LogP contribution is 1.89. The second kappa shape index (κ2) is 5.73. The smallest absolute Gasteiger partial charge is 0.326 e. The van der Waals surface area contributed by atoms with Crippen LogP contribution >= 0.6 is 0 Å². The fourth-order valence-corrected chi connectivity index (χ4v) is 0.590. The van der Waals surface area contributed by atoms with Crippen LogP contribution in [0.25, 0.3) is 0 Å². The number of hydrogen-bond acceptors (Lipinski definition) is 4. The van der Waals surface area contributed by atoms with Gasteiger partial charge >= 0.3 is 12.1 Å². The molecule has 0 fully saturated rings. The SMILES string of the molecule is CNC(=O)N(CN=C=O)C(=O)NC. The number of isocyanates is 1. The maximum atomic E-state index is 11.0. The topological polar surface area (TPSA) is 90.9 Å². The van der Waals surface area contributed by atoms with Gasteiger partial charge in [0.2, 0.25) is 6.08 Å². The Bertz CT molecular complexity index is 230. The van der Waals surface area contributed by atoms with E-state index in [1.807, 2.05) is 0 Å². The van der Waals surface area contributed by atoms with Crippen molar-refractivity contribution >= 4 is 18.1 Å². The third-order valence-corrected chi connectivity index (χ3v) is 1.19. The summed E-state index contributed by atoms with van der Waals surface area (Å²) in [5.74, 6) is 0. The lowest BCUT2D eigenvalue weighted by molar-refractivity contribution is 0.189. The van der Waals surface area contributed by atoms with Crippen LogP contribution in [0.5, 0.6) is 0 Å². The van der Waals surface area contributed by atoms with Gasteiger partial charge in [-0.2, -0.15) is 4.99 Å². The maximum Gasteiger partial charge on any atom is 0.326 e. The van der Waals surface area contributed by atoms with Crippen LogP contribution in [-0.4, -0.2) is 43.8 Å². The molecule has 0 saturated heterocycles. The zero-order chi connectivity index (χ0) is 10.3. The molecule has 7 nitrogen and oxygen atoms in total. The molecule has 0 unspecified atom stereocenters. The summed E-state index contributed by atoms with van der Waals surface area (Å²) in [6, 6.07) is -1.28. The summed E-state index contributed by atoms with van der Waals surface area (Å²) in [5.41, 5.74) is 0. The van der Waals surface area contributed by atoms with Gasteiger partial charge < -0.3 is 10.6 Å². The first-order chi connectivity index (χ1) is 6.17. The molecule has 0 aliphatic carbocycles. The summed E-state index contributed by atoms with van der Waals surface area (Å²) in [6.45, 7) is -0.344. The summed E-state index contributed by atoms with van der Waals surface area (Å²) in [4.78, 5) is 35.6. The lowest BCUT2D eigenvalue weighted by Gasteiger charge is -2.16. The van der Waals surface area contributed by atoms with Gasteiger partial charge in [0, 0.05) is 14.1 Å². The monoisotopic (exact) mass is 186 g/mol. The molecule has 0 rings (SSSR count). The number of hydrogen-bond donors (Lipinski definition) is 2. The largest absolute Gasteiger partial charge is 0.341 e. The number of amides is 4. The highest BCUT2D eigenvalue weighted by Gasteiger charge is 2.17. The Morgan fingerprint density at radius 1 is 1.31 bits per heavy atom. The van der Waals surface area contributed by atoms with E-state index in [9.17, 15) is 14.4 Å². The van der Waals surface area contributed by atoms with Gasteiger partial charge in [0.1, 0.15) is 6.67 Å². The van der Waals surface area contributed by atoms with E-state index in [1.54, 1.807) is 0 Å². The first-order valence-electron chi connectivity index (χ1n) is 3.42. The number of rotatable bonds is 2. The molecule has 0 atom stereocenters. The van der Waals surface area contributed by atoms with Crippen molar-refractivity contribution in [3.05, 3.63) is 0 Å². The average Bonchev–Trinajstić information content (AvgIpc) is 2.17. The molecule has 0 aromatic carbocycles. The normalized spacial score (nSPS) is 8.15. The molecule has 0 aliphatic heterocycles. The minimum absolute atomic E-state index is 0.344. The first kappa shape index (κ1) is 11.1. The number of carbonyl (C=O) groups is 2. The summed E-state index contributed by atoms with van der Waals surface area (Å²) in [5, 5.41) is 4.45. The van der Waals surface area contributed by atoms with E-state index >= 15 is 0 Å². The summed E-state index contributed by atoms with van der Waals surface area (Å²) >= 11 is 0. The molecule has 0 aromatic heterocycles. The van der Waals surface area contributed by atoms with Crippen molar-refractivity contribution in [3.63, 3.8) is 0 Å². The lowest BCUT2D eigenvalue weighted by atomic mass is 10.7. The Balaban J connectivity index is 4.44. The number of imide groups is 1. The standard InChI is InChI=1S/C6H10N4O3/c1-7-5(12)10(3-9-4-11)6(13)8-2/h3H2,1-2H3,(H,7,12)(H,8,13). The number of nitrogens with one attached hydrogen (secondary N) is 2. The summed E-state index contributed by atoms with van der Waals surface area (Å²) in [7, 11) is 2.73. The molecular formula is C6H10N4O3. The fraction of sp³-hybridized carbons (Fsp3) is 0.500. The Morgan fingerprint density at radius 2 is 1.77 bits per heavy atom. The highest BCUT2D eigenvalue weighted by molar-refractivity contribution is 5.93. The number of carbonyl (C=O) groups excluding carboxylic acids is 3. The summed E-state index contributed by atoms with van der Waals surface area (Å²) in [6.07, 6.45) is 1.23. The van der Waals surface area contributed by atoms with Gasteiger partial charge in [-0.25, -0.2) is 19.3 Å². The van der Waals surface area contributed by atoms with E-state index in [4.69, 9.17) is 0 Å². The molecule has 0 spiro atoms. The summed E-state index contributed by atoms with van der Waals surface area (Å²) < 4.78 is 0. The molecule has 7 heteroatoms. The van der Waals surface area contributed by atoms with E-state index < -0.39 is 12.1 Å². The van der Waals surface area contributed by atoms with Gasteiger partial charge in [-0.3, -0.25) is 0 Å². The number of aliphatic imine (C=N–C) groups is 1. The third-order valence-electron chi connectivity index (χ3n) is 1.19. The third kappa shape index (κ3) is 3.35. The second-order valence-corrected chi connectivity index (χ2v) is 1.93. The first-order valence-corrected chi connectivity index (χ1v) is 3.42. The van der Waals surface area contributed by atoms with E-state index in [-0.39, 0.29) is 6.67 Å². The molecule has 0 saturated carbocycles. The van der Waals surface area contributed by atoms with Crippen LogP contribution in [0, 0.1) is 0 Å². The fourth-order valence-electron chi connectivity index (χ4n) is 0.590. The van der Waals surface area contributed by atoms with Crippen molar-refractivity contribution in [3.8, 4) is 0 Å². The molecular weight excluding hydrogens is 176 g/mol. The van der Waals surface area contributed by atoms with Crippen molar-refractivity contribution in [1.29, 1.82) is 0 Å². The van der Waals surface area contributed by atoms with Gasteiger partial charge in [-0.05, 0) is 0 Å². The van der Waals surface area contributed by atoms with Crippen molar-refractivity contribution < 1.29 is 14.4 Å². The quantitative estimate of drug-likeness (QED) is 0.439. The Labute approximate surface area is 74.8 Å². The number of urea groups is 2. The maximum absolute atomic E-state index is 11.0. The Morgan fingerprint density at radius 3 is 2.08 bits per heavy atom. The van der Waals surface area contributed by atoms with E-state index in [0.29, 0.717) is 0 Å². The molecule has 4 amide bonds. The van der Waals surface area contributed by atoms with Gasteiger partial charge in [0.05, 0.1) is 0 Å². The van der Waals surface area contributed by atoms with Crippen LogP contribution in [-0.2, 0) is 4.79 Å². The van der Waals surface area contributed by atoms with Gasteiger partial charge in [0.15, 0.2) is 0 Å². The minimum atomic E-state index is -0.640. The highest BCUT2D eigenvalue weighted by atomic mass is 16.2. The van der Waals surface area contributed by atoms with Crippen molar-refractivity contribution in [2.24, 2.45) is 4.99 Å². The van der Waals surface area contributed by atoms with Gasteiger partial charge in [-0.15, -0.1) is 0 Å². The van der Waals surface area contributed by atoms with Crippen LogP contribution in [0.2, 0.25) is 0 Å². The zero-order valence-electron chi connectivity index (χ0n) is 7.33. The van der Waals surface area contributed by atoms with Crippen LogP contribution in [0.1, 0.15) is 0 Å². The predicted molar refractivity (Wildman–Crippen MR) is 43.7 cm³/mol. The van der Waals surface area contributed by atoms with Crippen molar-refractivity contribution in [1.82, 2.24) is 15.5 Å². The van der Waals surface area contributed by atoms with E-state index in [1.165, 1.54) is 20.2 Å². The Hall–Kier alpha value is -1.88. The zero-order valence-corrected chi connectivity index (χ0v) is 7.33. The van der Waals surface area contributed by atoms with Crippen LogP contribution < -0.4 is 10.6 Å². The molecule has 0 aromatic rings. The predicted octanol–water partition coefficient (Wildman–Crippen LogP) is -0.740. The molecule has 2 N–H and O–H groups in total. The molecule has 0 radical (unpaired) electrons.